The van der Waals surface area contributed by atoms with Crippen molar-refractivity contribution in [3.8, 4) is 0 Å². The predicted molar refractivity (Wildman–Crippen MR) is 120 cm³/mol. The minimum absolute atomic E-state index is 0.661. The molecule has 0 aliphatic carbocycles. The zero-order chi connectivity index (χ0) is 19.3. The molecule has 0 saturated carbocycles. The van der Waals surface area contributed by atoms with Crippen LogP contribution in [0.5, 0.6) is 0 Å². The highest BCUT2D eigenvalue weighted by Crippen LogP contribution is 2.13. The molecule has 0 radical (unpaired) electrons. The van der Waals surface area contributed by atoms with Crippen LogP contribution in [-0.2, 0) is 0 Å². The van der Waals surface area contributed by atoms with Crippen LogP contribution >= 0.6 is 0 Å². The maximum absolute atomic E-state index is 5.81. The highest BCUT2D eigenvalue weighted by atomic mass is 15.1. The van der Waals surface area contributed by atoms with Crippen LogP contribution in [0.4, 0.5) is 0 Å². The highest BCUT2D eigenvalue weighted by molar-refractivity contribution is 4.68. The molecule has 0 saturated heterocycles. The van der Waals surface area contributed by atoms with Crippen LogP contribution in [0, 0.1) is 0 Å². The lowest BCUT2D eigenvalue weighted by Gasteiger charge is -2.29. The summed E-state index contributed by atoms with van der Waals surface area (Å²) >= 11 is 0. The van der Waals surface area contributed by atoms with E-state index >= 15 is 0 Å². The normalized spacial score (nSPS) is 12.8. The Bertz CT molecular complexity index is 235. The van der Waals surface area contributed by atoms with E-state index < -0.39 is 0 Å². The minimum atomic E-state index is 0.661. The van der Waals surface area contributed by atoms with E-state index in [2.05, 4.69) is 25.7 Å². The van der Waals surface area contributed by atoms with Crippen LogP contribution in [0.1, 0.15) is 130 Å². The lowest BCUT2D eigenvalue weighted by atomic mass is 10.1. The fourth-order valence-corrected chi connectivity index (χ4v) is 3.87. The molecule has 1 atom stereocenters. The predicted octanol–water partition coefficient (Wildman–Crippen LogP) is 7.31. The lowest BCUT2D eigenvalue weighted by Crippen LogP contribution is -2.36. The Morgan fingerprint density at radius 2 is 0.923 bits per heavy atom. The summed E-state index contributed by atoms with van der Waals surface area (Å²) in [4.78, 5) is 2.72. The molecule has 2 heteroatoms. The summed E-state index contributed by atoms with van der Waals surface area (Å²) in [6, 6.07) is 0.661. The van der Waals surface area contributed by atoms with Crippen LogP contribution < -0.4 is 5.73 Å². The summed E-state index contributed by atoms with van der Waals surface area (Å²) in [5.74, 6) is 0. The van der Waals surface area contributed by atoms with Crippen molar-refractivity contribution >= 4 is 0 Å². The third-order valence-corrected chi connectivity index (χ3v) is 5.81. The minimum Gasteiger partial charge on any atom is -0.330 e. The van der Waals surface area contributed by atoms with Gasteiger partial charge >= 0.3 is 0 Å². The molecule has 26 heavy (non-hydrogen) atoms. The Balaban J connectivity index is 3.74. The second-order valence-electron chi connectivity index (χ2n) is 8.41. The number of hydrogen-bond acceptors (Lipinski definition) is 2. The van der Waals surface area contributed by atoms with Gasteiger partial charge in [-0.05, 0) is 45.8 Å². The van der Waals surface area contributed by atoms with Crippen LogP contribution in [-0.4, -0.2) is 30.6 Å². The van der Waals surface area contributed by atoms with E-state index in [9.17, 15) is 0 Å². The van der Waals surface area contributed by atoms with E-state index in [0.717, 1.165) is 13.0 Å². The van der Waals surface area contributed by atoms with Gasteiger partial charge in [-0.15, -0.1) is 0 Å². The number of nitrogens with two attached hydrogens (primary N) is 1. The molecule has 0 bridgehead atoms. The molecule has 0 aromatic rings. The van der Waals surface area contributed by atoms with E-state index in [4.69, 9.17) is 5.73 Å². The van der Waals surface area contributed by atoms with Crippen molar-refractivity contribution in [3.05, 3.63) is 0 Å². The molecule has 0 fully saturated rings. The van der Waals surface area contributed by atoms with E-state index in [1.807, 2.05) is 0 Å². The van der Waals surface area contributed by atoms with Crippen molar-refractivity contribution in [2.24, 2.45) is 5.73 Å². The number of hydrogen-bond donors (Lipinski definition) is 1. The van der Waals surface area contributed by atoms with Crippen LogP contribution in [0.3, 0.4) is 0 Å². The SMILES string of the molecule is CCCCCCCCCCN(CCCCCCCCCC)C(C)CCN. The Morgan fingerprint density at radius 3 is 1.27 bits per heavy atom. The van der Waals surface area contributed by atoms with Gasteiger partial charge in [0, 0.05) is 6.04 Å². The largest absolute Gasteiger partial charge is 0.330 e. The van der Waals surface area contributed by atoms with Crippen molar-refractivity contribution in [1.29, 1.82) is 0 Å². The van der Waals surface area contributed by atoms with Crippen molar-refractivity contribution < 1.29 is 0 Å². The van der Waals surface area contributed by atoms with Crippen molar-refractivity contribution in [3.63, 3.8) is 0 Å². The molecule has 0 aliphatic rings. The van der Waals surface area contributed by atoms with Gasteiger partial charge < -0.3 is 10.6 Å². The molecule has 2 nitrogen and oxygen atoms in total. The molecular formula is C24H52N2. The molecule has 0 aliphatic heterocycles. The fourth-order valence-electron chi connectivity index (χ4n) is 3.87. The number of rotatable bonds is 21. The van der Waals surface area contributed by atoms with Gasteiger partial charge in [0.15, 0.2) is 0 Å². The Hall–Kier alpha value is -0.0800. The lowest BCUT2D eigenvalue weighted by molar-refractivity contribution is 0.192. The average molecular weight is 369 g/mol. The first kappa shape index (κ1) is 25.9. The summed E-state index contributed by atoms with van der Waals surface area (Å²) in [6.45, 7) is 10.4. The zero-order valence-electron chi connectivity index (χ0n) is 18.7. The maximum atomic E-state index is 5.81. The van der Waals surface area contributed by atoms with Gasteiger partial charge in [-0.1, -0.05) is 104 Å². The smallest absolute Gasteiger partial charge is 0.00789 e. The first-order valence-corrected chi connectivity index (χ1v) is 12.2. The van der Waals surface area contributed by atoms with Gasteiger partial charge in [-0.2, -0.15) is 0 Å². The topological polar surface area (TPSA) is 29.3 Å². The molecule has 0 spiro atoms. The molecule has 0 amide bonds. The molecular weight excluding hydrogens is 316 g/mol. The molecule has 2 N–H and O–H groups in total. The van der Waals surface area contributed by atoms with Gasteiger partial charge in [0.1, 0.15) is 0 Å². The Labute approximate surface area is 166 Å². The third kappa shape index (κ3) is 17.3. The summed E-state index contributed by atoms with van der Waals surface area (Å²) in [7, 11) is 0. The molecule has 0 aromatic heterocycles. The summed E-state index contributed by atoms with van der Waals surface area (Å²) in [6.07, 6.45) is 23.8. The summed E-state index contributed by atoms with van der Waals surface area (Å²) in [5, 5.41) is 0. The average Bonchev–Trinajstić information content (AvgIpc) is 2.64. The van der Waals surface area contributed by atoms with Crippen LogP contribution in [0.15, 0.2) is 0 Å². The summed E-state index contributed by atoms with van der Waals surface area (Å²) in [5.41, 5.74) is 5.81. The van der Waals surface area contributed by atoms with Crippen molar-refractivity contribution in [2.45, 2.75) is 136 Å². The quantitative estimate of drug-likeness (QED) is 0.215. The monoisotopic (exact) mass is 368 g/mol. The fraction of sp³-hybridized carbons (Fsp3) is 1.00. The third-order valence-electron chi connectivity index (χ3n) is 5.81. The molecule has 158 valence electrons. The standard InChI is InChI=1S/C24H52N2/c1-4-6-8-10-12-14-16-18-22-26(24(3)20-21-25)23-19-17-15-13-11-9-7-5-2/h24H,4-23,25H2,1-3H3. The summed E-state index contributed by atoms with van der Waals surface area (Å²) < 4.78 is 0. The first-order chi connectivity index (χ1) is 12.8. The Morgan fingerprint density at radius 1 is 0.577 bits per heavy atom. The van der Waals surface area contributed by atoms with Gasteiger partial charge in [-0.3, -0.25) is 0 Å². The van der Waals surface area contributed by atoms with Crippen molar-refractivity contribution in [1.82, 2.24) is 4.90 Å². The van der Waals surface area contributed by atoms with Gasteiger partial charge in [0.25, 0.3) is 0 Å². The van der Waals surface area contributed by atoms with Crippen LogP contribution in [0.2, 0.25) is 0 Å². The zero-order valence-corrected chi connectivity index (χ0v) is 18.7. The van der Waals surface area contributed by atoms with Gasteiger partial charge in [0.2, 0.25) is 0 Å². The first-order valence-electron chi connectivity index (χ1n) is 12.2. The second-order valence-corrected chi connectivity index (χ2v) is 8.41. The molecule has 0 heterocycles. The van der Waals surface area contributed by atoms with E-state index in [1.165, 1.54) is 116 Å². The second kappa shape index (κ2) is 21.2. The van der Waals surface area contributed by atoms with Crippen molar-refractivity contribution in [2.75, 3.05) is 19.6 Å². The van der Waals surface area contributed by atoms with Crippen LogP contribution in [0.25, 0.3) is 0 Å². The van der Waals surface area contributed by atoms with E-state index in [-0.39, 0.29) is 0 Å². The Kier molecular flexibility index (Phi) is 21.2. The highest BCUT2D eigenvalue weighted by Gasteiger charge is 2.12. The maximum Gasteiger partial charge on any atom is 0.00789 e. The van der Waals surface area contributed by atoms with Gasteiger partial charge in [0.05, 0.1) is 0 Å². The molecule has 0 aromatic carbocycles. The number of unbranched alkanes of at least 4 members (excludes halogenated alkanes) is 14. The van der Waals surface area contributed by atoms with Gasteiger partial charge in [-0.25, -0.2) is 0 Å². The molecule has 0 rings (SSSR count). The van der Waals surface area contributed by atoms with E-state index in [0.29, 0.717) is 6.04 Å². The van der Waals surface area contributed by atoms with E-state index in [1.54, 1.807) is 0 Å². The number of nitrogens with zero attached hydrogens (tertiary/aromatic N) is 1. The molecule has 1 unspecified atom stereocenters.